The first-order valence-corrected chi connectivity index (χ1v) is 6.26. The molecule has 1 saturated heterocycles. The maximum atomic E-state index is 13.1. The summed E-state index contributed by atoms with van der Waals surface area (Å²) in [6.45, 7) is 7.07. The van der Waals surface area contributed by atoms with Crippen LogP contribution >= 0.6 is 0 Å². The van der Waals surface area contributed by atoms with E-state index in [1.54, 1.807) is 18.2 Å². The predicted molar refractivity (Wildman–Crippen MR) is 71.7 cm³/mol. The minimum Gasteiger partial charge on any atom is -0.399 e. The van der Waals surface area contributed by atoms with Crippen molar-refractivity contribution in [3.8, 4) is 6.07 Å². The van der Waals surface area contributed by atoms with E-state index in [-0.39, 0.29) is 0 Å². The van der Waals surface area contributed by atoms with E-state index in [4.69, 9.17) is 9.31 Å². The molecule has 1 fully saturated rings. The zero-order valence-corrected chi connectivity index (χ0v) is 11.7. The van der Waals surface area contributed by atoms with E-state index in [9.17, 15) is 9.65 Å². The summed E-state index contributed by atoms with van der Waals surface area (Å²) in [6, 6.07) is 7.05. The summed E-state index contributed by atoms with van der Waals surface area (Å²) >= 11 is 0. The molecular weight excluding hydrogens is 244 g/mol. The van der Waals surface area contributed by atoms with Gasteiger partial charge < -0.3 is 9.31 Å². The highest BCUT2D eigenvalue weighted by molar-refractivity contribution is 6.63. The fourth-order valence-electron chi connectivity index (χ4n) is 2.07. The molecule has 1 aliphatic rings. The van der Waals surface area contributed by atoms with E-state index in [1.807, 2.05) is 27.7 Å². The van der Waals surface area contributed by atoms with Gasteiger partial charge >= 0.3 is 7.12 Å². The molecule has 100 valence electrons. The van der Waals surface area contributed by atoms with Crippen molar-refractivity contribution >= 4 is 12.6 Å². The summed E-state index contributed by atoms with van der Waals surface area (Å²) in [5.74, 6) is 0. The fourth-order valence-corrected chi connectivity index (χ4v) is 2.07. The number of alkyl halides is 1. The summed E-state index contributed by atoms with van der Waals surface area (Å²) < 4.78 is 24.9. The van der Waals surface area contributed by atoms with E-state index in [1.165, 1.54) is 0 Å². The summed E-state index contributed by atoms with van der Waals surface area (Å²) in [6.07, 6.45) is 0. The van der Waals surface area contributed by atoms with E-state index in [2.05, 4.69) is 6.07 Å². The molecule has 0 saturated carbocycles. The number of nitrogens with zero attached hydrogens (tertiary/aromatic N) is 1. The van der Waals surface area contributed by atoms with Crippen molar-refractivity contribution in [2.24, 2.45) is 0 Å². The molecule has 1 aromatic carbocycles. The first-order chi connectivity index (χ1) is 8.82. The highest BCUT2D eigenvalue weighted by Crippen LogP contribution is 2.37. The summed E-state index contributed by atoms with van der Waals surface area (Å²) in [4.78, 5) is 0. The molecule has 0 aromatic heterocycles. The Morgan fingerprint density at radius 1 is 1.21 bits per heavy atom. The van der Waals surface area contributed by atoms with Gasteiger partial charge in [0.15, 0.2) is 0 Å². The van der Waals surface area contributed by atoms with Crippen molar-refractivity contribution in [3.05, 3.63) is 29.3 Å². The van der Waals surface area contributed by atoms with Gasteiger partial charge in [-0.25, -0.2) is 4.39 Å². The molecule has 1 aliphatic heterocycles. The van der Waals surface area contributed by atoms with Crippen LogP contribution in [0.1, 0.15) is 38.8 Å². The number of hydrogen-bond acceptors (Lipinski definition) is 3. The largest absolute Gasteiger partial charge is 0.496 e. The third kappa shape index (κ3) is 2.26. The molecule has 5 heteroatoms. The van der Waals surface area contributed by atoms with Gasteiger partial charge in [-0.2, -0.15) is 5.26 Å². The monoisotopic (exact) mass is 261 g/mol. The number of halogens is 1. The average Bonchev–Trinajstić information content (AvgIpc) is 2.57. The maximum Gasteiger partial charge on any atom is 0.496 e. The lowest BCUT2D eigenvalue weighted by Crippen LogP contribution is -2.41. The molecule has 0 spiro atoms. The molecule has 1 heterocycles. The van der Waals surface area contributed by atoms with Crippen molar-refractivity contribution in [2.75, 3.05) is 0 Å². The quantitative estimate of drug-likeness (QED) is 0.767. The molecule has 0 unspecified atom stereocenters. The average molecular weight is 261 g/mol. The molecule has 0 radical (unpaired) electrons. The first-order valence-electron chi connectivity index (χ1n) is 6.26. The highest BCUT2D eigenvalue weighted by atomic mass is 19.1. The van der Waals surface area contributed by atoms with Crippen LogP contribution in [0.5, 0.6) is 0 Å². The summed E-state index contributed by atoms with van der Waals surface area (Å²) in [7, 11) is -0.702. The van der Waals surface area contributed by atoms with Gasteiger partial charge in [0.2, 0.25) is 0 Å². The Morgan fingerprint density at radius 2 is 1.79 bits per heavy atom. The Labute approximate surface area is 113 Å². The lowest BCUT2D eigenvalue weighted by Gasteiger charge is -2.32. The van der Waals surface area contributed by atoms with Gasteiger partial charge in [-0.1, -0.05) is 12.1 Å². The molecule has 0 bridgehead atoms. The lowest BCUT2D eigenvalue weighted by molar-refractivity contribution is 0.00578. The van der Waals surface area contributed by atoms with Crippen molar-refractivity contribution < 1.29 is 13.7 Å². The maximum absolute atomic E-state index is 13.1. The molecule has 0 aliphatic carbocycles. The Hall–Kier alpha value is -1.38. The van der Waals surface area contributed by atoms with Gasteiger partial charge in [-0.15, -0.1) is 0 Å². The van der Waals surface area contributed by atoms with Gasteiger partial charge in [0.1, 0.15) is 6.67 Å². The van der Waals surface area contributed by atoms with Crippen LogP contribution in [0.4, 0.5) is 4.39 Å². The van der Waals surface area contributed by atoms with Crippen LogP contribution in [-0.2, 0) is 16.0 Å². The van der Waals surface area contributed by atoms with Crippen LogP contribution in [0.25, 0.3) is 0 Å². The highest BCUT2D eigenvalue weighted by Gasteiger charge is 2.52. The van der Waals surface area contributed by atoms with E-state index < -0.39 is 25.0 Å². The Bertz CT molecular complexity index is 521. The smallest absolute Gasteiger partial charge is 0.399 e. The predicted octanol–water partition coefficient (Wildman–Crippen LogP) is 2.33. The SMILES string of the molecule is CC1(C)OB(c2c(C#N)cccc2CF)OC1(C)C. The van der Waals surface area contributed by atoms with Crippen molar-refractivity contribution in [3.63, 3.8) is 0 Å². The topological polar surface area (TPSA) is 42.2 Å². The van der Waals surface area contributed by atoms with Crippen molar-refractivity contribution in [1.82, 2.24) is 0 Å². The van der Waals surface area contributed by atoms with Gasteiger partial charge in [0.05, 0.1) is 22.8 Å². The molecular formula is C14H17BFNO2. The second kappa shape index (κ2) is 4.62. The van der Waals surface area contributed by atoms with Crippen molar-refractivity contribution in [2.45, 2.75) is 45.6 Å². The fraction of sp³-hybridized carbons (Fsp3) is 0.500. The molecule has 3 nitrogen and oxygen atoms in total. The normalized spacial score (nSPS) is 20.3. The van der Waals surface area contributed by atoms with Crippen LogP contribution in [0, 0.1) is 11.3 Å². The second-order valence-electron chi connectivity index (χ2n) is 5.71. The number of benzene rings is 1. The minimum atomic E-state index is -0.702. The van der Waals surface area contributed by atoms with Crippen LogP contribution in [-0.4, -0.2) is 18.3 Å². The zero-order valence-electron chi connectivity index (χ0n) is 11.7. The molecule has 0 N–H and O–H groups in total. The van der Waals surface area contributed by atoms with Gasteiger partial charge in [-0.3, -0.25) is 0 Å². The van der Waals surface area contributed by atoms with Gasteiger partial charge in [0.25, 0.3) is 0 Å². The van der Waals surface area contributed by atoms with E-state index in [0.29, 0.717) is 16.6 Å². The van der Waals surface area contributed by atoms with Crippen LogP contribution < -0.4 is 5.46 Å². The number of rotatable bonds is 2. The molecule has 0 atom stereocenters. The minimum absolute atomic E-state index is 0.397. The van der Waals surface area contributed by atoms with Crippen LogP contribution in [0.2, 0.25) is 0 Å². The summed E-state index contributed by atoms with van der Waals surface area (Å²) in [5.41, 5.74) is 0.333. The molecule has 0 amide bonds. The van der Waals surface area contributed by atoms with Gasteiger partial charge in [0, 0.05) is 5.46 Å². The lowest BCUT2D eigenvalue weighted by atomic mass is 9.73. The third-order valence-corrected chi connectivity index (χ3v) is 3.95. The zero-order chi connectivity index (χ0) is 14.3. The van der Waals surface area contributed by atoms with E-state index >= 15 is 0 Å². The Balaban J connectivity index is 2.48. The molecule has 1 aromatic rings. The second-order valence-corrected chi connectivity index (χ2v) is 5.71. The van der Waals surface area contributed by atoms with Gasteiger partial charge in [-0.05, 0) is 39.3 Å². The number of nitriles is 1. The molecule has 19 heavy (non-hydrogen) atoms. The first kappa shape index (κ1) is 14.0. The Kier molecular flexibility index (Phi) is 3.42. The summed E-state index contributed by atoms with van der Waals surface area (Å²) in [5, 5.41) is 9.18. The van der Waals surface area contributed by atoms with Crippen LogP contribution in [0.3, 0.4) is 0 Å². The third-order valence-electron chi connectivity index (χ3n) is 3.95. The van der Waals surface area contributed by atoms with Crippen LogP contribution in [0.15, 0.2) is 18.2 Å². The standard InChI is InChI=1S/C14H17BFNO2/c1-13(2)14(3,4)19-15(18-13)12-10(8-16)6-5-7-11(12)9-17/h5-7H,8H2,1-4H3. The Morgan fingerprint density at radius 3 is 2.26 bits per heavy atom. The molecule has 2 rings (SSSR count). The van der Waals surface area contributed by atoms with Crippen molar-refractivity contribution in [1.29, 1.82) is 5.26 Å². The number of hydrogen-bond donors (Lipinski definition) is 0. The van der Waals surface area contributed by atoms with E-state index in [0.717, 1.165) is 0 Å².